The SMILES string of the molecule is COc1ccc(C(=O)N2CCNC(C)C2)cc1. The quantitative estimate of drug-likeness (QED) is 0.834. The minimum absolute atomic E-state index is 0.0982. The van der Waals surface area contributed by atoms with E-state index in [1.54, 1.807) is 7.11 Å². The second-order valence-corrected chi connectivity index (χ2v) is 4.33. The Hall–Kier alpha value is -1.55. The van der Waals surface area contributed by atoms with E-state index in [4.69, 9.17) is 4.74 Å². The van der Waals surface area contributed by atoms with Gasteiger partial charge in [-0.15, -0.1) is 0 Å². The third kappa shape index (κ3) is 2.77. The second kappa shape index (κ2) is 5.19. The lowest BCUT2D eigenvalue weighted by atomic mass is 10.1. The molecule has 1 saturated heterocycles. The first-order valence-corrected chi connectivity index (χ1v) is 5.87. The molecule has 1 N–H and O–H groups in total. The van der Waals surface area contributed by atoms with Gasteiger partial charge in [-0.3, -0.25) is 4.79 Å². The topological polar surface area (TPSA) is 41.6 Å². The monoisotopic (exact) mass is 234 g/mol. The molecule has 4 nitrogen and oxygen atoms in total. The Labute approximate surface area is 102 Å². The predicted molar refractivity (Wildman–Crippen MR) is 66.4 cm³/mol. The van der Waals surface area contributed by atoms with Crippen molar-refractivity contribution >= 4 is 5.91 Å². The number of nitrogens with zero attached hydrogens (tertiary/aromatic N) is 1. The number of carbonyl (C=O) groups excluding carboxylic acids is 1. The van der Waals surface area contributed by atoms with E-state index in [0.717, 1.165) is 30.9 Å². The van der Waals surface area contributed by atoms with Crippen LogP contribution in [0.5, 0.6) is 5.75 Å². The molecular formula is C13H18N2O2. The number of hydrogen-bond acceptors (Lipinski definition) is 3. The molecule has 1 aromatic rings. The van der Waals surface area contributed by atoms with Gasteiger partial charge in [0.2, 0.25) is 0 Å². The molecule has 1 aliphatic heterocycles. The Morgan fingerprint density at radius 1 is 1.41 bits per heavy atom. The molecule has 1 unspecified atom stereocenters. The van der Waals surface area contributed by atoms with Crippen molar-refractivity contribution in [1.82, 2.24) is 10.2 Å². The zero-order chi connectivity index (χ0) is 12.3. The number of rotatable bonds is 2. The highest BCUT2D eigenvalue weighted by atomic mass is 16.5. The van der Waals surface area contributed by atoms with E-state index in [9.17, 15) is 4.79 Å². The molecule has 1 heterocycles. The minimum atomic E-state index is 0.0982. The maximum absolute atomic E-state index is 12.2. The van der Waals surface area contributed by atoms with Gasteiger partial charge in [-0.1, -0.05) is 0 Å². The Kier molecular flexibility index (Phi) is 3.64. The summed E-state index contributed by atoms with van der Waals surface area (Å²) in [4.78, 5) is 14.1. The third-order valence-electron chi connectivity index (χ3n) is 2.99. The van der Waals surface area contributed by atoms with E-state index in [0.29, 0.717) is 6.04 Å². The molecule has 0 aliphatic carbocycles. The van der Waals surface area contributed by atoms with Crippen LogP contribution in [0.4, 0.5) is 0 Å². The van der Waals surface area contributed by atoms with E-state index < -0.39 is 0 Å². The molecule has 0 radical (unpaired) electrons. The first kappa shape index (κ1) is 11.9. The Morgan fingerprint density at radius 2 is 2.12 bits per heavy atom. The van der Waals surface area contributed by atoms with E-state index >= 15 is 0 Å². The highest BCUT2D eigenvalue weighted by Gasteiger charge is 2.21. The number of nitrogens with one attached hydrogen (secondary N) is 1. The summed E-state index contributed by atoms with van der Waals surface area (Å²) in [6.07, 6.45) is 0. The van der Waals surface area contributed by atoms with Crippen LogP contribution in [0.15, 0.2) is 24.3 Å². The van der Waals surface area contributed by atoms with Crippen LogP contribution in [0.2, 0.25) is 0 Å². The van der Waals surface area contributed by atoms with Crippen molar-refractivity contribution in [3.63, 3.8) is 0 Å². The summed E-state index contributed by atoms with van der Waals surface area (Å²) < 4.78 is 5.08. The molecule has 0 aromatic heterocycles. The number of hydrogen-bond donors (Lipinski definition) is 1. The summed E-state index contributed by atoms with van der Waals surface area (Å²) in [6, 6.07) is 7.63. The smallest absolute Gasteiger partial charge is 0.253 e. The molecule has 0 spiro atoms. The normalized spacial score (nSPS) is 20.1. The van der Waals surface area contributed by atoms with Crippen LogP contribution in [0, 0.1) is 0 Å². The molecule has 92 valence electrons. The van der Waals surface area contributed by atoms with E-state index in [1.165, 1.54) is 0 Å². The lowest BCUT2D eigenvalue weighted by Crippen LogP contribution is -2.51. The number of ether oxygens (including phenoxy) is 1. The lowest BCUT2D eigenvalue weighted by molar-refractivity contribution is 0.0709. The van der Waals surface area contributed by atoms with E-state index in [2.05, 4.69) is 12.2 Å². The van der Waals surface area contributed by atoms with Gasteiger partial charge in [-0.2, -0.15) is 0 Å². The molecule has 2 rings (SSSR count). The summed E-state index contributed by atoms with van der Waals surface area (Å²) in [7, 11) is 1.62. The molecule has 1 amide bonds. The Balaban J connectivity index is 2.07. The number of carbonyl (C=O) groups is 1. The molecule has 1 aliphatic rings. The summed E-state index contributed by atoms with van der Waals surface area (Å²) in [5.41, 5.74) is 0.722. The van der Waals surface area contributed by atoms with E-state index in [-0.39, 0.29) is 5.91 Å². The van der Waals surface area contributed by atoms with Gasteiger partial charge in [0, 0.05) is 31.2 Å². The van der Waals surface area contributed by atoms with Gasteiger partial charge >= 0.3 is 0 Å². The largest absolute Gasteiger partial charge is 0.497 e. The second-order valence-electron chi connectivity index (χ2n) is 4.33. The van der Waals surface area contributed by atoms with Crippen molar-refractivity contribution in [3.8, 4) is 5.75 Å². The van der Waals surface area contributed by atoms with Crippen molar-refractivity contribution in [3.05, 3.63) is 29.8 Å². The van der Waals surface area contributed by atoms with Crippen molar-refractivity contribution in [2.75, 3.05) is 26.7 Å². The van der Waals surface area contributed by atoms with Crippen LogP contribution in [0.3, 0.4) is 0 Å². The van der Waals surface area contributed by atoms with Crippen LogP contribution in [-0.4, -0.2) is 43.6 Å². The first-order valence-electron chi connectivity index (χ1n) is 5.87. The first-order chi connectivity index (χ1) is 8.20. The fourth-order valence-electron chi connectivity index (χ4n) is 2.03. The van der Waals surface area contributed by atoms with Crippen molar-refractivity contribution < 1.29 is 9.53 Å². The van der Waals surface area contributed by atoms with Gasteiger partial charge in [0.15, 0.2) is 0 Å². The van der Waals surface area contributed by atoms with Crippen molar-refractivity contribution in [2.24, 2.45) is 0 Å². The molecule has 4 heteroatoms. The fraction of sp³-hybridized carbons (Fsp3) is 0.462. The lowest BCUT2D eigenvalue weighted by Gasteiger charge is -2.32. The van der Waals surface area contributed by atoms with Gasteiger partial charge in [-0.05, 0) is 31.2 Å². The number of methoxy groups -OCH3 is 1. The van der Waals surface area contributed by atoms with Crippen LogP contribution in [0.1, 0.15) is 17.3 Å². The maximum Gasteiger partial charge on any atom is 0.253 e. The number of benzene rings is 1. The molecule has 1 fully saturated rings. The predicted octanol–water partition coefficient (Wildman–Crippen LogP) is 1.13. The average Bonchev–Trinajstić information content (AvgIpc) is 2.38. The summed E-state index contributed by atoms with van der Waals surface area (Å²) >= 11 is 0. The summed E-state index contributed by atoms with van der Waals surface area (Å²) in [5, 5.41) is 3.32. The molecular weight excluding hydrogens is 216 g/mol. The highest BCUT2D eigenvalue weighted by molar-refractivity contribution is 5.94. The van der Waals surface area contributed by atoms with Gasteiger partial charge in [0.1, 0.15) is 5.75 Å². The van der Waals surface area contributed by atoms with Gasteiger partial charge < -0.3 is 15.0 Å². The molecule has 1 aromatic carbocycles. The molecule has 17 heavy (non-hydrogen) atoms. The Morgan fingerprint density at radius 3 is 2.71 bits per heavy atom. The minimum Gasteiger partial charge on any atom is -0.497 e. The summed E-state index contributed by atoms with van der Waals surface area (Å²) in [5.74, 6) is 0.872. The zero-order valence-electron chi connectivity index (χ0n) is 10.3. The van der Waals surface area contributed by atoms with Crippen LogP contribution in [0.25, 0.3) is 0 Å². The van der Waals surface area contributed by atoms with Gasteiger partial charge in [0.05, 0.1) is 7.11 Å². The Bertz CT molecular complexity index is 389. The number of piperazine rings is 1. The highest BCUT2D eigenvalue weighted by Crippen LogP contribution is 2.13. The van der Waals surface area contributed by atoms with Crippen LogP contribution >= 0.6 is 0 Å². The van der Waals surface area contributed by atoms with Crippen LogP contribution < -0.4 is 10.1 Å². The van der Waals surface area contributed by atoms with Gasteiger partial charge in [-0.25, -0.2) is 0 Å². The standard InChI is InChI=1S/C13H18N2O2/c1-10-9-15(8-7-14-10)13(16)11-3-5-12(17-2)6-4-11/h3-6,10,14H,7-9H2,1-2H3. The number of amides is 1. The van der Waals surface area contributed by atoms with Gasteiger partial charge in [0.25, 0.3) is 5.91 Å². The average molecular weight is 234 g/mol. The van der Waals surface area contributed by atoms with Crippen LogP contribution in [-0.2, 0) is 0 Å². The molecule has 1 atom stereocenters. The molecule has 0 bridgehead atoms. The fourth-order valence-corrected chi connectivity index (χ4v) is 2.03. The van der Waals surface area contributed by atoms with Crippen molar-refractivity contribution in [1.29, 1.82) is 0 Å². The van der Waals surface area contributed by atoms with Crippen molar-refractivity contribution in [2.45, 2.75) is 13.0 Å². The maximum atomic E-state index is 12.2. The zero-order valence-corrected chi connectivity index (χ0v) is 10.3. The summed E-state index contributed by atoms with van der Waals surface area (Å²) in [6.45, 7) is 4.50. The molecule has 0 saturated carbocycles. The van der Waals surface area contributed by atoms with E-state index in [1.807, 2.05) is 29.2 Å². The third-order valence-corrected chi connectivity index (χ3v) is 2.99.